The molecule has 1 aliphatic rings. The highest BCUT2D eigenvalue weighted by molar-refractivity contribution is 6.04. The average molecular weight is 458 g/mol. The van der Waals surface area contributed by atoms with Crippen molar-refractivity contribution in [3.8, 4) is 22.9 Å². The van der Waals surface area contributed by atoms with Crippen LogP contribution in [-0.2, 0) is 4.79 Å². The fourth-order valence-electron chi connectivity index (χ4n) is 4.10. The van der Waals surface area contributed by atoms with Crippen LogP contribution in [0.25, 0.3) is 5.69 Å². The lowest BCUT2D eigenvalue weighted by Gasteiger charge is -2.28. The predicted octanol–water partition coefficient (Wildman–Crippen LogP) is 3.95. The molecule has 2 heterocycles. The van der Waals surface area contributed by atoms with Gasteiger partial charge in [-0.3, -0.25) is 4.79 Å². The zero-order valence-electron chi connectivity index (χ0n) is 17.9. The number of rotatable bonds is 6. The fraction of sp³-hybridized carbons (Fsp3) is 0.217. The summed E-state index contributed by atoms with van der Waals surface area (Å²) in [6.07, 6.45) is 1.16. The molecule has 8 nitrogen and oxygen atoms in total. The van der Waals surface area contributed by atoms with Crippen molar-refractivity contribution in [3.63, 3.8) is 0 Å². The number of carboxylic acid groups (broad SMARTS) is 1. The van der Waals surface area contributed by atoms with Crippen LogP contribution in [0.5, 0.6) is 17.2 Å². The van der Waals surface area contributed by atoms with Crippen molar-refractivity contribution in [2.75, 3.05) is 26.6 Å². The van der Waals surface area contributed by atoms with Gasteiger partial charge in [-0.1, -0.05) is 0 Å². The van der Waals surface area contributed by atoms with Crippen molar-refractivity contribution < 1.29 is 37.7 Å². The molecule has 2 N–H and O–H groups in total. The number of nitrogens with zero attached hydrogens (tertiary/aromatic N) is 1. The lowest BCUT2D eigenvalue weighted by molar-refractivity contribution is -0.116. The Morgan fingerprint density at radius 2 is 1.61 bits per heavy atom. The second-order valence-electron chi connectivity index (χ2n) is 7.36. The van der Waals surface area contributed by atoms with E-state index in [0.717, 1.165) is 12.1 Å². The van der Waals surface area contributed by atoms with Gasteiger partial charge >= 0.3 is 5.97 Å². The number of nitrogens with one attached hydrogen (secondary N) is 1. The summed E-state index contributed by atoms with van der Waals surface area (Å²) in [6.45, 7) is 0. The van der Waals surface area contributed by atoms with E-state index in [9.17, 15) is 23.5 Å². The Kier molecular flexibility index (Phi) is 5.67. The number of methoxy groups -OCH3 is 3. The van der Waals surface area contributed by atoms with E-state index < -0.39 is 29.4 Å². The Morgan fingerprint density at radius 3 is 2.18 bits per heavy atom. The Labute approximate surface area is 187 Å². The Bertz CT molecular complexity index is 1250. The summed E-state index contributed by atoms with van der Waals surface area (Å²) < 4.78 is 45.6. The van der Waals surface area contributed by atoms with Crippen LogP contribution in [0, 0.1) is 11.6 Å². The Hall–Kier alpha value is -4.08. The number of aromatic nitrogens is 1. The molecule has 33 heavy (non-hydrogen) atoms. The van der Waals surface area contributed by atoms with Gasteiger partial charge < -0.3 is 29.2 Å². The molecule has 10 heteroatoms. The summed E-state index contributed by atoms with van der Waals surface area (Å²) in [4.78, 5) is 24.5. The van der Waals surface area contributed by atoms with Gasteiger partial charge in [0, 0.05) is 36.2 Å². The number of halogens is 2. The molecule has 0 spiro atoms. The standard InChI is InChI=1S/C23H20F2N2O6/c1-31-17-9-19(33-3)18(32-2)7-14(17)15-8-20(28)26-21-16(23(29)30)10-27(22(15)21)13-5-11(24)4-12(25)6-13/h4-7,9-10,15H,8H2,1-3H3,(H,26,28)(H,29,30)/t15-/m0/s1. The van der Waals surface area contributed by atoms with E-state index >= 15 is 0 Å². The van der Waals surface area contributed by atoms with Crippen molar-refractivity contribution >= 4 is 17.6 Å². The second-order valence-corrected chi connectivity index (χ2v) is 7.36. The molecule has 1 aliphatic heterocycles. The van der Waals surface area contributed by atoms with Gasteiger partial charge in [0.15, 0.2) is 11.5 Å². The molecule has 2 aromatic carbocycles. The summed E-state index contributed by atoms with van der Waals surface area (Å²) in [5.41, 5.74) is 0.746. The third-order valence-electron chi connectivity index (χ3n) is 5.49. The van der Waals surface area contributed by atoms with Crippen LogP contribution in [0.2, 0.25) is 0 Å². The van der Waals surface area contributed by atoms with Gasteiger partial charge in [-0.05, 0) is 18.2 Å². The van der Waals surface area contributed by atoms with Gasteiger partial charge in [-0.2, -0.15) is 0 Å². The minimum atomic E-state index is -1.30. The molecule has 3 aromatic rings. The van der Waals surface area contributed by atoms with Crippen molar-refractivity contribution in [2.24, 2.45) is 0 Å². The highest BCUT2D eigenvalue weighted by Crippen LogP contribution is 2.47. The van der Waals surface area contributed by atoms with E-state index in [1.807, 2.05) is 0 Å². The minimum absolute atomic E-state index is 0.0465. The number of aromatic carboxylic acids is 1. The summed E-state index contributed by atoms with van der Waals surface area (Å²) in [7, 11) is 4.36. The molecule has 0 saturated heterocycles. The maximum atomic E-state index is 14.0. The van der Waals surface area contributed by atoms with Gasteiger partial charge in [-0.25, -0.2) is 13.6 Å². The lowest BCUT2D eigenvalue weighted by Crippen LogP contribution is -2.26. The number of anilines is 1. The van der Waals surface area contributed by atoms with E-state index in [-0.39, 0.29) is 23.4 Å². The van der Waals surface area contributed by atoms with Gasteiger partial charge in [0.05, 0.1) is 38.4 Å². The van der Waals surface area contributed by atoms with Crippen molar-refractivity contribution in [1.29, 1.82) is 0 Å². The van der Waals surface area contributed by atoms with Crippen molar-refractivity contribution in [3.05, 3.63) is 65.0 Å². The first-order valence-corrected chi connectivity index (χ1v) is 9.82. The van der Waals surface area contributed by atoms with Crippen molar-refractivity contribution in [2.45, 2.75) is 12.3 Å². The summed E-state index contributed by atoms with van der Waals surface area (Å²) in [5, 5.41) is 12.3. The molecule has 0 fully saturated rings. The highest BCUT2D eigenvalue weighted by Gasteiger charge is 2.36. The fourth-order valence-corrected chi connectivity index (χ4v) is 4.10. The topological polar surface area (TPSA) is 99.0 Å². The van der Waals surface area contributed by atoms with Crippen LogP contribution in [0.15, 0.2) is 36.5 Å². The van der Waals surface area contributed by atoms with E-state index in [1.165, 1.54) is 32.1 Å². The third-order valence-corrected chi connectivity index (χ3v) is 5.49. The van der Waals surface area contributed by atoms with Crippen LogP contribution in [0.4, 0.5) is 14.5 Å². The number of hydrogen-bond donors (Lipinski definition) is 2. The van der Waals surface area contributed by atoms with Gasteiger partial charge in [-0.15, -0.1) is 0 Å². The van der Waals surface area contributed by atoms with Crippen LogP contribution in [-0.4, -0.2) is 42.9 Å². The number of hydrogen-bond acceptors (Lipinski definition) is 5. The van der Waals surface area contributed by atoms with Crippen molar-refractivity contribution in [1.82, 2.24) is 4.57 Å². The third kappa shape index (κ3) is 3.84. The predicted molar refractivity (Wildman–Crippen MR) is 114 cm³/mol. The monoisotopic (exact) mass is 458 g/mol. The largest absolute Gasteiger partial charge is 0.496 e. The lowest BCUT2D eigenvalue weighted by atomic mass is 9.87. The SMILES string of the molecule is COc1cc(OC)c([C@@H]2CC(=O)Nc3c(C(=O)O)cn(-c4cc(F)cc(F)c4)c32)cc1OC. The summed E-state index contributed by atoms with van der Waals surface area (Å²) >= 11 is 0. The molecule has 0 radical (unpaired) electrons. The quantitative estimate of drug-likeness (QED) is 0.580. The first-order chi connectivity index (χ1) is 15.8. The Morgan fingerprint density at radius 1 is 1.00 bits per heavy atom. The molecule has 1 amide bonds. The van der Waals surface area contributed by atoms with E-state index in [0.29, 0.717) is 34.6 Å². The molecule has 0 aliphatic carbocycles. The first-order valence-electron chi connectivity index (χ1n) is 9.82. The number of carbonyl (C=O) groups is 2. The smallest absolute Gasteiger partial charge is 0.339 e. The van der Waals surface area contributed by atoms with Crippen LogP contribution in [0.1, 0.15) is 34.0 Å². The molecule has 4 rings (SSSR count). The average Bonchev–Trinajstić information content (AvgIpc) is 3.16. The van der Waals surface area contributed by atoms with Crippen LogP contribution >= 0.6 is 0 Å². The minimum Gasteiger partial charge on any atom is -0.496 e. The number of ether oxygens (including phenoxy) is 3. The number of amides is 1. The zero-order chi connectivity index (χ0) is 23.9. The maximum Gasteiger partial charge on any atom is 0.339 e. The number of benzene rings is 2. The molecule has 0 saturated carbocycles. The molecule has 0 bridgehead atoms. The van der Waals surface area contributed by atoms with E-state index in [4.69, 9.17) is 14.2 Å². The van der Waals surface area contributed by atoms with E-state index in [2.05, 4.69) is 5.32 Å². The van der Waals surface area contributed by atoms with Crippen LogP contribution < -0.4 is 19.5 Å². The maximum absolute atomic E-state index is 14.0. The molecular formula is C23H20F2N2O6. The number of carbonyl (C=O) groups excluding carboxylic acids is 1. The van der Waals surface area contributed by atoms with Gasteiger partial charge in [0.1, 0.15) is 22.9 Å². The van der Waals surface area contributed by atoms with Gasteiger partial charge in [0.2, 0.25) is 5.91 Å². The first kappa shape index (κ1) is 22.1. The normalized spacial score (nSPS) is 14.9. The molecule has 0 unspecified atom stereocenters. The van der Waals surface area contributed by atoms with Crippen LogP contribution in [0.3, 0.4) is 0 Å². The zero-order valence-corrected chi connectivity index (χ0v) is 17.9. The molecule has 1 atom stereocenters. The second kappa shape index (κ2) is 8.45. The number of carboxylic acids is 1. The van der Waals surface area contributed by atoms with Gasteiger partial charge in [0.25, 0.3) is 0 Å². The molecular weight excluding hydrogens is 438 g/mol. The van der Waals surface area contributed by atoms with E-state index in [1.54, 1.807) is 12.1 Å². The summed E-state index contributed by atoms with van der Waals surface area (Å²) in [6, 6.07) is 6.10. The molecule has 172 valence electrons. The number of fused-ring (bicyclic) bond motifs is 1. The Balaban J connectivity index is 2.02. The molecule has 1 aromatic heterocycles. The highest BCUT2D eigenvalue weighted by atomic mass is 19.1. The summed E-state index contributed by atoms with van der Waals surface area (Å²) in [5.74, 6) is -2.97.